The van der Waals surface area contributed by atoms with Gasteiger partial charge in [0.15, 0.2) is 0 Å². The van der Waals surface area contributed by atoms with Crippen molar-refractivity contribution in [2.75, 3.05) is 0 Å². The lowest BCUT2D eigenvalue weighted by Crippen LogP contribution is -2.19. The molecule has 0 saturated heterocycles. The van der Waals surface area contributed by atoms with Gasteiger partial charge in [-0.3, -0.25) is 0 Å². The minimum atomic E-state index is -0.175. The van der Waals surface area contributed by atoms with Crippen molar-refractivity contribution in [2.45, 2.75) is 111 Å². The molecule has 0 aromatic heterocycles. The van der Waals surface area contributed by atoms with Crippen LogP contribution in [0.2, 0.25) is 0 Å². The summed E-state index contributed by atoms with van der Waals surface area (Å²) in [7, 11) is 0. The van der Waals surface area contributed by atoms with Gasteiger partial charge in [0.2, 0.25) is 0 Å². The lowest BCUT2D eigenvalue weighted by molar-refractivity contribution is 0.422. The van der Waals surface area contributed by atoms with Crippen LogP contribution in [0.15, 0.2) is 24.3 Å². The molecule has 31 heavy (non-hydrogen) atoms. The summed E-state index contributed by atoms with van der Waals surface area (Å²) >= 11 is 0. The molecule has 0 amide bonds. The number of phenols is 2. The van der Waals surface area contributed by atoms with E-state index in [-0.39, 0.29) is 21.7 Å². The van der Waals surface area contributed by atoms with Gasteiger partial charge in [-0.05, 0) is 55.0 Å². The maximum atomic E-state index is 11.2. The number of phenolic OH excluding ortho intramolecular Hbond substituents is 2. The van der Waals surface area contributed by atoms with E-state index in [2.05, 4.69) is 107 Å². The van der Waals surface area contributed by atoms with Gasteiger partial charge in [-0.1, -0.05) is 107 Å². The third-order valence-corrected chi connectivity index (χ3v) is 6.04. The Labute approximate surface area is 190 Å². The number of hydrogen-bond acceptors (Lipinski definition) is 2. The first kappa shape index (κ1) is 25.3. The molecule has 0 atom stereocenters. The number of aromatic hydroxyl groups is 2. The molecule has 0 aliphatic rings. The van der Waals surface area contributed by atoms with E-state index < -0.39 is 0 Å². The highest BCUT2D eigenvalue weighted by atomic mass is 16.3. The van der Waals surface area contributed by atoms with E-state index in [9.17, 15) is 10.2 Å². The molecule has 2 nitrogen and oxygen atoms in total. The molecule has 2 aromatic carbocycles. The topological polar surface area (TPSA) is 40.5 Å². The molecule has 0 fully saturated rings. The summed E-state index contributed by atoms with van der Waals surface area (Å²) in [4.78, 5) is 0. The first-order chi connectivity index (χ1) is 13.7. The van der Waals surface area contributed by atoms with Crippen LogP contribution in [0.1, 0.15) is 116 Å². The summed E-state index contributed by atoms with van der Waals surface area (Å²) in [6.07, 6.45) is 0.630. The van der Waals surface area contributed by atoms with Crippen LogP contribution in [0, 0.1) is 0 Å². The van der Waals surface area contributed by atoms with E-state index in [0.717, 1.165) is 27.8 Å². The first-order valence-corrected chi connectivity index (χ1v) is 11.5. The van der Waals surface area contributed by atoms with E-state index in [1.807, 2.05) is 0 Å². The van der Waals surface area contributed by atoms with Gasteiger partial charge in [0.25, 0.3) is 0 Å². The Hall–Kier alpha value is -1.96. The molecule has 2 aromatic rings. The second-order valence-electron chi connectivity index (χ2n) is 13.2. The Kier molecular flexibility index (Phi) is 6.42. The van der Waals surface area contributed by atoms with Gasteiger partial charge in [-0.15, -0.1) is 0 Å². The molecular formula is C29H44O2. The zero-order valence-electron chi connectivity index (χ0n) is 21.9. The van der Waals surface area contributed by atoms with E-state index >= 15 is 0 Å². The normalized spacial score (nSPS) is 13.5. The van der Waals surface area contributed by atoms with Crippen LogP contribution in [0.4, 0.5) is 0 Å². The second kappa shape index (κ2) is 7.87. The van der Waals surface area contributed by atoms with Crippen LogP contribution in [-0.4, -0.2) is 10.2 Å². The van der Waals surface area contributed by atoms with Gasteiger partial charge >= 0.3 is 0 Å². The molecule has 0 heterocycles. The summed E-state index contributed by atoms with van der Waals surface area (Å²) in [5.41, 5.74) is 5.69. The van der Waals surface area contributed by atoms with Crippen LogP contribution in [0.3, 0.4) is 0 Å². The van der Waals surface area contributed by atoms with Crippen LogP contribution in [-0.2, 0) is 28.1 Å². The molecular weight excluding hydrogens is 380 g/mol. The van der Waals surface area contributed by atoms with Gasteiger partial charge in [-0.2, -0.15) is 0 Å². The van der Waals surface area contributed by atoms with Crippen molar-refractivity contribution >= 4 is 0 Å². The molecule has 0 saturated carbocycles. The van der Waals surface area contributed by atoms with Crippen molar-refractivity contribution in [3.05, 3.63) is 57.6 Å². The molecule has 2 rings (SSSR count). The third-order valence-electron chi connectivity index (χ3n) is 6.04. The lowest BCUT2D eigenvalue weighted by Gasteiger charge is -2.29. The largest absolute Gasteiger partial charge is 0.507 e. The molecule has 2 N–H and O–H groups in total. The van der Waals surface area contributed by atoms with Crippen molar-refractivity contribution in [3.63, 3.8) is 0 Å². The minimum Gasteiger partial charge on any atom is -0.507 e. The molecule has 0 unspecified atom stereocenters. The second-order valence-corrected chi connectivity index (χ2v) is 13.2. The summed E-state index contributed by atoms with van der Waals surface area (Å²) in [6.45, 7) is 25.9. The van der Waals surface area contributed by atoms with Crippen molar-refractivity contribution in [2.24, 2.45) is 0 Å². The van der Waals surface area contributed by atoms with E-state index in [1.165, 1.54) is 5.56 Å². The predicted molar refractivity (Wildman–Crippen MR) is 134 cm³/mol. The summed E-state index contributed by atoms with van der Waals surface area (Å²) in [6, 6.07) is 8.55. The van der Waals surface area contributed by atoms with E-state index in [4.69, 9.17) is 0 Å². The maximum Gasteiger partial charge on any atom is 0.123 e. The Balaban J connectivity index is 2.76. The highest BCUT2D eigenvalue weighted by Crippen LogP contribution is 2.42. The Morgan fingerprint density at radius 1 is 0.516 bits per heavy atom. The zero-order valence-corrected chi connectivity index (χ0v) is 21.9. The predicted octanol–water partition coefficient (Wildman–Crippen LogP) is 7.88. The number of hydrogen-bond donors (Lipinski definition) is 2. The van der Waals surface area contributed by atoms with E-state index in [1.54, 1.807) is 0 Å². The average Bonchev–Trinajstić information content (AvgIpc) is 2.53. The monoisotopic (exact) mass is 424 g/mol. The Morgan fingerprint density at radius 2 is 0.903 bits per heavy atom. The first-order valence-electron chi connectivity index (χ1n) is 11.5. The third kappa shape index (κ3) is 5.64. The Bertz CT molecular complexity index is 917. The molecule has 2 heteroatoms. The van der Waals surface area contributed by atoms with Crippen molar-refractivity contribution in [1.29, 1.82) is 0 Å². The smallest absolute Gasteiger partial charge is 0.123 e. The highest BCUT2D eigenvalue weighted by molar-refractivity contribution is 5.54. The number of rotatable bonds is 2. The highest BCUT2D eigenvalue weighted by Gasteiger charge is 2.28. The van der Waals surface area contributed by atoms with E-state index in [0.29, 0.717) is 17.9 Å². The van der Waals surface area contributed by atoms with Gasteiger partial charge in [0.05, 0.1) is 0 Å². The summed E-state index contributed by atoms with van der Waals surface area (Å²) in [5.74, 6) is 0.787. The summed E-state index contributed by atoms with van der Waals surface area (Å²) < 4.78 is 0. The number of benzene rings is 2. The van der Waals surface area contributed by atoms with Crippen LogP contribution in [0.25, 0.3) is 0 Å². The molecule has 0 aliphatic heterocycles. The fourth-order valence-corrected chi connectivity index (χ4v) is 3.99. The molecule has 0 radical (unpaired) electrons. The van der Waals surface area contributed by atoms with Gasteiger partial charge in [-0.25, -0.2) is 0 Å². The Morgan fingerprint density at radius 3 is 1.26 bits per heavy atom. The van der Waals surface area contributed by atoms with Crippen LogP contribution >= 0.6 is 0 Å². The molecule has 172 valence electrons. The maximum absolute atomic E-state index is 11.2. The standard InChI is InChI=1S/C29H44O2/c1-26(2,3)20-16-19(24(30)23(17-20)29(10,11)12)13-18-14-21(27(4,5)6)25(31)22(15-18)28(7,8)9/h14-17,30-31H,13H2,1-12H3. The van der Waals surface area contributed by atoms with Crippen molar-refractivity contribution in [1.82, 2.24) is 0 Å². The van der Waals surface area contributed by atoms with Crippen molar-refractivity contribution in [3.8, 4) is 11.5 Å². The summed E-state index contributed by atoms with van der Waals surface area (Å²) in [5, 5.41) is 22.3. The fraction of sp³-hybridized carbons (Fsp3) is 0.586. The lowest BCUT2D eigenvalue weighted by atomic mass is 9.76. The molecule has 0 spiro atoms. The minimum absolute atomic E-state index is 0.00938. The fourth-order valence-electron chi connectivity index (χ4n) is 3.99. The van der Waals surface area contributed by atoms with Crippen LogP contribution < -0.4 is 0 Å². The van der Waals surface area contributed by atoms with Crippen molar-refractivity contribution < 1.29 is 10.2 Å². The zero-order chi connectivity index (χ0) is 24.2. The molecule has 0 aliphatic carbocycles. The van der Waals surface area contributed by atoms with Gasteiger partial charge < -0.3 is 10.2 Å². The van der Waals surface area contributed by atoms with Crippen LogP contribution in [0.5, 0.6) is 11.5 Å². The van der Waals surface area contributed by atoms with Gasteiger partial charge in [0.1, 0.15) is 11.5 Å². The van der Waals surface area contributed by atoms with Gasteiger partial charge in [0, 0.05) is 6.42 Å². The SMILES string of the molecule is CC(C)(C)c1cc(Cc2cc(C(C)(C)C)c(O)c(C(C)(C)C)c2)c(O)c(C(C)(C)C)c1. The molecule has 0 bridgehead atoms. The average molecular weight is 425 g/mol. The quantitative estimate of drug-likeness (QED) is 0.515.